The third kappa shape index (κ3) is 5.14. The average molecular weight is 352 g/mol. The standard InChI is InChI=1S/C17H24N2O4S/c1-17(2,3)23-16(21)19-11-13(10-18-15(19)20)24-14(22-4)12-8-6-5-7-9-12/h5-9,13-14H,10-11H2,1-4H3,(H,18,20). The second-order valence-corrected chi connectivity index (χ2v) is 7.88. The van der Waals surface area contributed by atoms with Gasteiger partial charge in [-0.2, -0.15) is 0 Å². The highest BCUT2D eigenvalue weighted by molar-refractivity contribution is 8.00. The molecule has 0 spiro atoms. The Morgan fingerprint density at radius 3 is 2.58 bits per heavy atom. The van der Waals surface area contributed by atoms with Crippen molar-refractivity contribution in [3.8, 4) is 0 Å². The van der Waals surface area contributed by atoms with Crippen molar-refractivity contribution in [3.05, 3.63) is 35.9 Å². The summed E-state index contributed by atoms with van der Waals surface area (Å²) in [6, 6.07) is 9.43. The molecule has 0 aliphatic carbocycles. The Labute approximate surface area is 146 Å². The normalized spacial score (nSPS) is 19.6. The fourth-order valence-electron chi connectivity index (χ4n) is 2.27. The number of nitrogens with zero attached hydrogens (tertiary/aromatic N) is 1. The molecule has 24 heavy (non-hydrogen) atoms. The number of amides is 3. The summed E-state index contributed by atoms with van der Waals surface area (Å²) >= 11 is 1.57. The van der Waals surface area contributed by atoms with Gasteiger partial charge in [0.15, 0.2) is 0 Å². The highest BCUT2D eigenvalue weighted by Gasteiger charge is 2.34. The first-order valence-corrected chi connectivity index (χ1v) is 8.76. The van der Waals surface area contributed by atoms with Crippen LogP contribution in [0.4, 0.5) is 9.59 Å². The zero-order valence-electron chi connectivity index (χ0n) is 14.4. The van der Waals surface area contributed by atoms with E-state index in [9.17, 15) is 9.59 Å². The van der Waals surface area contributed by atoms with E-state index >= 15 is 0 Å². The van der Waals surface area contributed by atoms with E-state index in [0.29, 0.717) is 6.54 Å². The number of ether oxygens (including phenoxy) is 2. The minimum Gasteiger partial charge on any atom is -0.443 e. The number of rotatable bonds is 4. The third-order valence-corrected chi connectivity index (χ3v) is 4.74. The summed E-state index contributed by atoms with van der Waals surface area (Å²) < 4.78 is 10.9. The van der Waals surface area contributed by atoms with E-state index < -0.39 is 17.7 Å². The molecule has 1 aliphatic heterocycles. The molecule has 132 valence electrons. The lowest BCUT2D eigenvalue weighted by Gasteiger charge is -2.34. The van der Waals surface area contributed by atoms with Crippen molar-refractivity contribution >= 4 is 23.9 Å². The second kappa shape index (κ2) is 7.90. The SMILES string of the molecule is COC(SC1CNC(=O)N(C(=O)OC(C)(C)C)C1)c1ccccc1. The van der Waals surface area contributed by atoms with Gasteiger partial charge in [0.05, 0.1) is 0 Å². The fraction of sp³-hybridized carbons (Fsp3) is 0.529. The van der Waals surface area contributed by atoms with E-state index in [1.165, 1.54) is 0 Å². The molecular formula is C17H24N2O4S. The first kappa shape index (κ1) is 18.6. The minimum atomic E-state index is -0.642. The van der Waals surface area contributed by atoms with E-state index in [2.05, 4.69) is 5.32 Å². The molecule has 0 bridgehead atoms. The zero-order chi connectivity index (χ0) is 17.7. The van der Waals surface area contributed by atoms with Gasteiger partial charge >= 0.3 is 12.1 Å². The van der Waals surface area contributed by atoms with Gasteiger partial charge in [0.1, 0.15) is 11.0 Å². The Kier molecular flexibility index (Phi) is 6.12. The van der Waals surface area contributed by atoms with E-state index in [-0.39, 0.29) is 17.2 Å². The van der Waals surface area contributed by atoms with Gasteiger partial charge in [-0.1, -0.05) is 30.3 Å². The molecule has 2 rings (SSSR count). The Morgan fingerprint density at radius 2 is 2.00 bits per heavy atom. The lowest BCUT2D eigenvalue weighted by atomic mass is 10.2. The Hall–Kier alpha value is -1.73. The topological polar surface area (TPSA) is 67.9 Å². The molecule has 6 nitrogen and oxygen atoms in total. The van der Waals surface area contributed by atoms with Gasteiger partial charge in [-0.3, -0.25) is 0 Å². The lowest BCUT2D eigenvalue weighted by Crippen LogP contribution is -2.55. The van der Waals surface area contributed by atoms with Gasteiger partial charge in [0.2, 0.25) is 0 Å². The molecule has 2 unspecified atom stereocenters. The number of hydrogen-bond donors (Lipinski definition) is 1. The van der Waals surface area contributed by atoms with Crippen molar-refractivity contribution in [1.82, 2.24) is 10.2 Å². The van der Waals surface area contributed by atoms with Crippen molar-refractivity contribution in [2.24, 2.45) is 0 Å². The average Bonchev–Trinajstić information content (AvgIpc) is 2.53. The van der Waals surface area contributed by atoms with Crippen LogP contribution in [0.3, 0.4) is 0 Å². The van der Waals surface area contributed by atoms with Crippen LogP contribution in [-0.2, 0) is 9.47 Å². The molecule has 1 aromatic rings. The molecular weight excluding hydrogens is 328 g/mol. The molecule has 1 aromatic carbocycles. The number of benzene rings is 1. The molecule has 2 atom stereocenters. The summed E-state index contributed by atoms with van der Waals surface area (Å²) in [6.45, 7) is 6.09. The number of carbonyl (C=O) groups excluding carboxylic acids is 2. The van der Waals surface area contributed by atoms with Crippen LogP contribution in [0, 0.1) is 0 Å². The quantitative estimate of drug-likeness (QED) is 0.841. The van der Waals surface area contributed by atoms with Crippen LogP contribution < -0.4 is 5.32 Å². The molecule has 1 N–H and O–H groups in total. The van der Waals surface area contributed by atoms with Crippen LogP contribution >= 0.6 is 11.8 Å². The molecule has 0 radical (unpaired) electrons. The summed E-state index contributed by atoms with van der Waals surface area (Å²) in [7, 11) is 1.65. The largest absolute Gasteiger partial charge is 0.443 e. The summed E-state index contributed by atoms with van der Waals surface area (Å²) in [5.41, 5.74) is 0.244. The fourth-order valence-corrected chi connectivity index (χ4v) is 3.46. The Morgan fingerprint density at radius 1 is 1.33 bits per heavy atom. The maximum absolute atomic E-state index is 12.2. The van der Waals surface area contributed by atoms with Crippen molar-refractivity contribution in [1.29, 1.82) is 0 Å². The predicted molar refractivity (Wildman–Crippen MR) is 93.9 cm³/mol. The number of hydrogen-bond acceptors (Lipinski definition) is 5. The molecule has 1 aliphatic rings. The van der Waals surface area contributed by atoms with Crippen LogP contribution in [0.5, 0.6) is 0 Å². The van der Waals surface area contributed by atoms with Crippen molar-refractivity contribution in [2.75, 3.05) is 20.2 Å². The molecule has 7 heteroatoms. The van der Waals surface area contributed by atoms with Gasteiger partial charge in [-0.15, -0.1) is 11.8 Å². The molecule has 3 amide bonds. The Balaban J connectivity index is 2.01. The minimum absolute atomic E-state index is 0.0142. The van der Waals surface area contributed by atoms with E-state index in [4.69, 9.17) is 9.47 Å². The number of thioether (sulfide) groups is 1. The van der Waals surface area contributed by atoms with E-state index in [1.807, 2.05) is 30.3 Å². The first-order chi connectivity index (χ1) is 11.3. The smallest absolute Gasteiger partial charge is 0.418 e. The number of nitrogens with one attached hydrogen (secondary N) is 1. The molecule has 0 aromatic heterocycles. The highest BCUT2D eigenvalue weighted by atomic mass is 32.2. The molecule has 1 saturated heterocycles. The second-order valence-electron chi connectivity index (χ2n) is 6.51. The van der Waals surface area contributed by atoms with Crippen molar-refractivity contribution in [2.45, 2.75) is 37.1 Å². The van der Waals surface area contributed by atoms with Crippen LogP contribution in [0.25, 0.3) is 0 Å². The summed E-state index contributed by atoms with van der Waals surface area (Å²) in [4.78, 5) is 25.3. The summed E-state index contributed by atoms with van der Waals surface area (Å²) in [5, 5.41) is 2.75. The zero-order valence-corrected chi connectivity index (χ0v) is 15.3. The van der Waals surface area contributed by atoms with E-state index in [0.717, 1.165) is 10.5 Å². The van der Waals surface area contributed by atoms with Crippen LogP contribution in [0.2, 0.25) is 0 Å². The van der Waals surface area contributed by atoms with Crippen LogP contribution in [0.15, 0.2) is 30.3 Å². The maximum atomic E-state index is 12.2. The summed E-state index contributed by atoms with van der Waals surface area (Å²) in [5.74, 6) is 0. The predicted octanol–water partition coefficient (Wildman–Crippen LogP) is 3.39. The van der Waals surface area contributed by atoms with Gasteiger partial charge < -0.3 is 14.8 Å². The Bertz CT molecular complexity index is 574. The van der Waals surface area contributed by atoms with Gasteiger partial charge in [-0.25, -0.2) is 14.5 Å². The van der Waals surface area contributed by atoms with Crippen molar-refractivity contribution < 1.29 is 19.1 Å². The van der Waals surface area contributed by atoms with Gasteiger partial charge in [0.25, 0.3) is 0 Å². The van der Waals surface area contributed by atoms with Gasteiger partial charge in [0, 0.05) is 25.4 Å². The molecule has 1 heterocycles. The maximum Gasteiger partial charge on any atom is 0.418 e. The molecule has 1 fully saturated rings. The number of urea groups is 1. The number of imide groups is 1. The van der Waals surface area contributed by atoms with Gasteiger partial charge in [-0.05, 0) is 26.3 Å². The lowest BCUT2D eigenvalue weighted by molar-refractivity contribution is 0.0306. The third-order valence-electron chi connectivity index (χ3n) is 3.33. The van der Waals surface area contributed by atoms with Crippen LogP contribution in [-0.4, -0.2) is 48.1 Å². The highest BCUT2D eigenvalue weighted by Crippen LogP contribution is 2.34. The van der Waals surface area contributed by atoms with Crippen LogP contribution in [0.1, 0.15) is 31.8 Å². The number of carbonyl (C=O) groups is 2. The summed E-state index contributed by atoms with van der Waals surface area (Å²) in [6.07, 6.45) is -0.626. The first-order valence-electron chi connectivity index (χ1n) is 7.81. The van der Waals surface area contributed by atoms with E-state index in [1.54, 1.807) is 39.6 Å². The van der Waals surface area contributed by atoms with Crippen molar-refractivity contribution in [3.63, 3.8) is 0 Å². The number of methoxy groups -OCH3 is 1. The molecule has 0 saturated carbocycles. The monoisotopic (exact) mass is 352 g/mol.